The summed E-state index contributed by atoms with van der Waals surface area (Å²) in [6.45, 7) is 1.23. The quantitative estimate of drug-likeness (QED) is 0.713. The molecule has 4 rings (SSSR count). The van der Waals surface area contributed by atoms with E-state index >= 15 is 0 Å². The van der Waals surface area contributed by atoms with Gasteiger partial charge >= 0.3 is 0 Å². The summed E-state index contributed by atoms with van der Waals surface area (Å²) in [7, 11) is 0. The molecule has 138 valence electrons. The molecule has 10 nitrogen and oxygen atoms in total. The van der Waals surface area contributed by atoms with Gasteiger partial charge in [-0.1, -0.05) is 5.16 Å². The summed E-state index contributed by atoms with van der Waals surface area (Å²) >= 11 is 0. The van der Waals surface area contributed by atoms with Gasteiger partial charge in [0.1, 0.15) is 11.4 Å². The fourth-order valence-electron chi connectivity index (χ4n) is 3.15. The molecule has 0 spiro atoms. The first-order valence-corrected chi connectivity index (χ1v) is 8.63. The van der Waals surface area contributed by atoms with Crippen LogP contribution in [0.2, 0.25) is 0 Å². The Bertz CT molecular complexity index is 965. The lowest BCUT2D eigenvalue weighted by atomic mass is 9.94. The van der Waals surface area contributed by atoms with E-state index in [0.29, 0.717) is 36.9 Å². The summed E-state index contributed by atoms with van der Waals surface area (Å²) in [5.74, 6) is 0.929. The first kappa shape index (κ1) is 17.0. The molecule has 1 aliphatic rings. The molecule has 10 heteroatoms. The molecule has 1 saturated heterocycles. The Balaban J connectivity index is 1.41. The predicted octanol–water partition coefficient (Wildman–Crippen LogP) is 0.705. The van der Waals surface area contributed by atoms with Crippen LogP contribution in [0.4, 0.5) is 0 Å². The van der Waals surface area contributed by atoms with Crippen molar-refractivity contribution in [2.24, 2.45) is 5.92 Å². The summed E-state index contributed by atoms with van der Waals surface area (Å²) in [6, 6.07) is 2.74. The van der Waals surface area contributed by atoms with Crippen LogP contribution in [-0.2, 0) is 6.42 Å². The van der Waals surface area contributed by atoms with Crippen molar-refractivity contribution in [3.8, 4) is 11.5 Å². The maximum absolute atomic E-state index is 12.6. The molecule has 27 heavy (non-hydrogen) atoms. The average molecular weight is 367 g/mol. The normalized spacial score (nSPS) is 17.0. The summed E-state index contributed by atoms with van der Waals surface area (Å²) in [5.41, 5.74) is 0.452. The number of rotatable bonds is 4. The zero-order valence-electron chi connectivity index (χ0n) is 14.4. The van der Waals surface area contributed by atoms with E-state index in [0.717, 1.165) is 12.8 Å². The van der Waals surface area contributed by atoms with E-state index in [1.54, 1.807) is 23.5 Å². The van der Waals surface area contributed by atoms with Crippen molar-refractivity contribution in [1.82, 2.24) is 35.2 Å². The first-order chi connectivity index (χ1) is 13.2. The Hall–Kier alpha value is -3.43. The van der Waals surface area contributed by atoms with Crippen molar-refractivity contribution < 1.29 is 9.32 Å². The lowest BCUT2D eigenvalue weighted by Gasteiger charge is -2.31. The lowest BCUT2D eigenvalue weighted by Crippen LogP contribution is -2.41. The highest BCUT2D eigenvalue weighted by Crippen LogP contribution is 2.22. The van der Waals surface area contributed by atoms with Crippen LogP contribution in [0.3, 0.4) is 0 Å². The second kappa shape index (κ2) is 7.44. The molecule has 0 aromatic carbocycles. The van der Waals surface area contributed by atoms with Gasteiger partial charge in [-0.2, -0.15) is 10.1 Å². The number of piperidine rings is 1. The van der Waals surface area contributed by atoms with E-state index in [1.165, 1.54) is 12.1 Å². The number of hydrogen-bond donors (Lipinski definition) is 1. The van der Waals surface area contributed by atoms with Gasteiger partial charge < -0.3 is 9.42 Å². The molecular formula is C17H17N7O3. The first-order valence-electron chi connectivity index (χ1n) is 8.63. The van der Waals surface area contributed by atoms with Gasteiger partial charge in [-0.3, -0.25) is 14.6 Å². The second-order valence-electron chi connectivity index (χ2n) is 6.37. The number of aromatic amines is 1. The van der Waals surface area contributed by atoms with Crippen LogP contribution >= 0.6 is 0 Å². The van der Waals surface area contributed by atoms with E-state index < -0.39 is 0 Å². The van der Waals surface area contributed by atoms with Gasteiger partial charge in [-0.05, 0) is 24.8 Å². The maximum Gasteiger partial charge on any atom is 0.274 e. The molecule has 1 fully saturated rings. The largest absolute Gasteiger partial charge is 0.339 e. The number of H-pyrrole nitrogens is 1. The standard InChI is InChI=1S/C17H17N7O3/c25-14-4-3-12(21-22-14)17(26)24-7-1-2-11(10-24)8-15-20-16(23-27-15)13-9-18-5-6-19-13/h3-6,9,11H,1-2,7-8,10H2,(H,22,25). The molecular weight excluding hydrogens is 350 g/mol. The van der Waals surface area contributed by atoms with Gasteiger partial charge in [-0.25, -0.2) is 10.1 Å². The fourth-order valence-corrected chi connectivity index (χ4v) is 3.15. The topological polar surface area (TPSA) is 131 Å². The molecule has 1 N–H and O–H groups in total. The van der Waals surface area contributed by atoms with Crippen molar-refractivity contribution in [2.45, 2.75) is 19.3 Å². The Morgan fingerprint density at radius 3 is 3.04 bits per heavy atom. The van der Waals surface area contributed by atoms with Crippen LogP contribution in [0.15, 0.2) is 40.0 Å². The highest BCUT2D eigenvalue weighted by Gasteiger charge is 2.27. The minimum absolute atomic E-state index is 0.193. The van der Waals surface area contributed by atoms with Crippen LogP contribution < -0.4 is 5.56 Å². The predicted molar refractivity (Wildman–Crippen MR) is 92.5 cm³/mol. The SMILES string of the molecule is O=C(c1ccc(=O)[nH]n1)N1CCCC(Cc2nc(-c3cnccn3)no2)C1. The van der Waals surface area contributed by atoms with Crippen LogP contribution in [0, 0.1) is 5.92 Å². The fraction of sp³-hybridized carbons (Fsp3) is 0.353. The summed E-state index contributed by atoms with van der Waals surface area (Å²) in [6.07, 6.45) is 7.15. The molecule has 1 atom stereocenters. The van der Waals surface area contributed by atoms with Gasteiger partial charge in [0, 0.05) is 38.0 Å². The summed E-state index contributed by atoms with van der Waals surface area (Å²) < 4.78 is 5.33. The Morgan fingerprint density at radius 2 is 2.26 bits per heavy atom. The third kappa shape index (κ3) is 3.89. The molecule has 1 amide bonds. The number of carbonyl (C=O) groups excluding carboxylic acids is 1. The van der Waals surface area contributed by atoms with Gasteiger partial charge in [0.2, 0.25) is 11.7 Å². The number of aromatic nitrogens is 6. The van der Waals surface area contributed by atoms with E-state index in [1.807, 2.05) is 0 Å². The Kier molecular flexibility index (Phi) is 4.69. The van der Waals surface area contributed by atoms with Crippen molar-refractivity contribution in [3.63, 3.8) is 0 Å². The number of nitrogens with zero attached hydrogens (tertiary/aromatic N) is 6. The molecule has 3 aromatic rings. The van der Waals surface area contributed by atoms with Crippen molar-refractivity contribution in [3.05, 3.63) is 52.7 Å². The average Bonchev–Trinajstić information content (AvgIpc) is 3.17. The Morgan fingerprint density at radius 1 is 1.33 bits per heavy atom. The molecule has 0 radical (unpaired) electrons. The van der Waals surface area contributed by atoms with E-state index in [9.17, 15) is 9.59 Å². The van der Waals surface area contributed by atoms with Gasteiger partial charge in [0.15, 0.2) is 0 Å². The molecule has 0 saturated carbocycles. The van der Waals surface area contributed by atoms with Crippen LogP contribution in [0.25, 0.3) is 11.5 Å². The molecule has 0 bridgehead atoms. The molecule has 1 unspecified atom stereocenters. The van der Waals surface area contributed by atoms with E-state index in [4.69, 9.17) is 4.52 Å². The third-order valence-corrected chi connectivity index (χ3v) is 4.43. The number of likely N-dealkylation sites (tertiary alicyclic amines) is 1. The maximum atomic E-state index is 12.6. The lowest BCUT2D eigenvalue weighted by molar-refractivity contribution is 0.0661. The monoisotopic (exact) mass is 367 g/mol. The Labute approximate surface area is 153 Å². The minimum Gasteiger partial charge on any atom is -0.339 e. The highest BCUT2D eigenvalue weighted by atomic mass is 16.5. The number of carbonyl (C=O) groups is 1. The van der Waals surface area contributed by atoms with Crippen LogP contribution in [-0.4, -0.2) is 54.2 Å². The third-order valence-electron chi connectivity index (χ3n) is 4.43. The smallest absolute Gasteiger partial charge is 0.274 e. The summed E-state index contributed by atoms with van der Waals surface area (Å²) in [5, 5.41) is 10.1. The zero-order valence-corrected chi connectivity index (χ0v) is 14.4. The van der Waals surface area contributed by atoms with Gasteiger partial charge in [0.25, 0.3) is 11.5 Å². The molecule has 3 aromatic heterocycles. The van der Waals surface area contributed by atoms with Crippen LogP contribution in [0.5, 0.6) is 0 Å². The van der Waals surface area contributed by atoms with E-state index in [2.05, 4.69) is 30.3 Å². The van der Waals surface area contributed by atoms with Gasteiger partial charge in [0.05, 0.1) is 6.20 Å². The van der Waals surface area contributed by atoms with Crippen LogP contribution in [0.1, 0.15) is 29.2 Å². The van der Waals surface area contributed by atoms with Crippen molar-refractivity contribution >= 4 is 5.91 Å². The second-order valence-corrected chi connectivity index (χ2v) is 6.37. The molecule has 4 heterocycles. The zero-order chi connectivity index (χ0) is 18.6. The molecule has 1 aliphatic heterocycles. The van der Waals surface area contributed by atoms with Gasteiger partial charge in [-0.15, -0.1) is 0 Å². The highest BCUT2D eigenvalue weighted by molar-refractivity contribution is 5.92. The van der Waals surface area contributed by atoms with Crippen molar-refractivity contribution in [2.75, 3.05) is 13.1 Å². The molecule has 0 aliphatic carbocycles. The summed E-state index contributed by atoms with van der Waals surface area (Å²) in [4.78, 5) is 37.9. The number of hydrogen-bond acceptors (Lipinski definition) is 8. The van der Waals surface area contributed by atoms with E-state index in [-0.39, 0.29) is 23.1 Å². The van der Waals surface area contributed by atoms with Crippen molar-refractivity contribution in [1.29, 1.82) is 0 Å². The number of nitrogens with one attached hydrogen (secondary N) is 1. The minimum atomic E-state index is -0.335. The number of amides is 1.